The number of hydrogen-bond acceptors (Lipinski definition) is 5. The number of rotatable bonds is 7. The molecule has 1 saturated heterocycles. The van der Waals surface area contributed by atoms with Gasteiger partial charge in [0.2, 0.25) is 0 Å². The smallest absolute Gasteiger partial charge is 0.142 e. The lowest BCUT2D eigenvalue weighted by Crippen LogP contribution is -2.49. The summed E-state index contributed by atoms with van der Waals surface area (Å²) in [6, 6.07) is 8.21. The van der Waals surface area contributed by atoms with E-state index in [-0.39, 0.29) is 5.60 Å². The van der Waals surface area contributed by atoms with Gasteiger partial charge < -0.3 is 19.5 Å². The number of hydrogen-bond donors (Lipinski definition) is 1. The lowest BCUT2D eigenvalue weighted by atomic mass is 10.2. The zero-order valence-electron chi connectivity index (χ0n) is 15.5. The molecule has 1 heterocycles. The maximum absolute atomic E-state index is 10.2. The van der Waals surface area contributed by atoms with Crippen LogP contribution in [0.2, 0.25) is 0 Å². The summed E-state index contributed by atoms with van der Waals surface area (Å²) in [6.45, 7) is 13.5. The van der Waals surface area contributed by atoms with E-state index in [2.05, 4.69) is 21.9 Å². The van der Waals surface area contributed by atoms with Gasteiger partial charge in [0.1, 0.15) is 5.75 Å². The van der Waals surface area contributed by atoms with E-state index in [0.717, 1.165) is 37.6 Å². The highest BCUT2D eigenvalue weighted by Crippen LogP contribution is 2.28. The summed E-state index contributed by atoms with van der Waals surface area (Å²) < 4.78 is 11.4. The topological polar surface area (TPSA) is 45.2 Å². The zero-order chi connectivity index (χ0) is 17.6. The minimum Gasteiger partial charge on any atom is -0.492 e. The molecule has 0 spiro atoms. The van der Waals surface area contributed by atoms with Gasteiger partial charge in [-0.2, -0.15) is 0 Å². The van der Waals surface area contributed by atoms with E-state index < -0.39 is 6.10 Å². The molecule has 2 rings (SSSR count). The maximum Gasteiger partial charge on any atom is 0.142 e. The molecule has 1 aromatic carbocycles. The fourth-order valence-corrected chi connectivity index (χ4v) is 2.86. The average molecular weight is 336 g/mol. The number of aliphatic hydroxyl groups excluding tert-OH is 1. The molecule has 1 unspecified atom stereocenters. The second-order valence-corrected chi connectivity index (χ2v) is 7.27. The molecule has 0 radical (unpaired) electrons. The summed E-state index contributed by atoms with van der Waals surface area (Å²) >= 11 is 0. The van der Waals surface area contributed by atoms with Gasteiger partial charge in [-0.15, -0.1) is 0 Å². The van der Waals surface area contributed by atoms with Crippen molar-refractivity contribution in [2.75, 3.05) is 50.8 Å². The van der Waals surface area contributed by atoms with Crippen LogP contribution in [0.5, 0.6) is 5.75 Å². The zero-order valence-corrected chi connectivity index (χ0v) is 15.5. The first kappa shape index (κ1) is 19.0. The second-order valence-electron chi connectivity index (χ2n) is 7.27. The molecule has 1 aliphatic rings. The molecule has 0 aromatic heterocycles. The van der Waals surface area contributed by atoms with Crippen LogP contribution in [0.4, 0.5) is 5.69 Å². The third-order valence-electron chi connectivity index (χ3n) is 4.06. The van der Waals surface area contributed by atoms with Crippen LogP contribution in [-0.2, 0) is 4.74 Å². The Labute approximate surface area is 146 Å². The van der Waals surface area contributed by atoms with Gasteiger partial charge in [-0.25, -0.2) is 0 Å². The Hall–Kier alpha value is -1.30. The minimum atomic E-state index is -0.438. The Morgan fingerprint density at radius 2 is 1.79 bits per heavy atom. The highest BCUT2D eigenvalue weighted by atomic mass is 16.5. The van der Waals surface area contributed by atoms with Crippen molar-refractivity contribution in [3.05, 3.63) is 24.3 Å². The van der Waals surface area contributed by atoms with Crippen LogP contribution in [-0.4, -0.2) is 67.6 Å². The second kappa shape index (κ2) is 8.70. The number of piperazine rings is 1. The van der Waals surface area contributed by atoms with Gasteiger partial charge in [-0.1, -0.05) is 12.1 Å². The first-order valence-electron chi connectivity index (χ1n) is 8.90. The molecule has 0 bridgehead atoms. The van der Waals surface area contributed by atoms with E-state index in [0.29, 0.717) is 19.8 Å². The van der Waals surface area contributed by atoms with Crippen molar-refractivity contribution < 1.29 is 14.6 Å². The molecule has 0 amide bonds. The van der Waals surface area contributed by atoms with Crippen molar-refractivity contribution in [2.24, 2.45) is 0 Å². The van der Waals surface area contributed by atoms with Crippen LogP contribution in [0.15, 0.2) is 24.3 Å². The third-order valence-corrected chi connectivity index (χ3v) is 4.06. The molecule has 1 fully saturated rings. The van der Waals surface area contributed by atoms with Crippen LogP contribution < -0.4 is 9.64 Å². The van der Waals surface area contributed by atoms with Crippen molar-refractivity contribution in [3.63, 3.8) is 0 Å². The number of β-amino-alcohol motifs (C(OH)–C–C–N with tert-alkyl or cyclic N) is 1. The number of benzene rings is 1. The lowest BCUT2D eigenvalue weighted by Gasteiger charge is -2.37. The van der Waals surface area contributed by atoms with E-state index in [1.165, 1.54) is 0 Å². The molecule has 1 aliphatic heterocycles. The predicted octanol–water partition coefficient (Wildman–Crippen LogP) is 2.38. The van der Waals surface area contributed by atoms with Crippen LogP contribution in [0.25, 0.3) is 0 Å². The van der Waals surface area contributed by atoms with Crippen molar-refractivity contribution >= 4 is 5.69 Å². The Balaban J connectivity index is 1.81. The molecule has 1 atom stereocenters. The highest BCUT2D eigenvalue weighted by molar-refractivity contribution is 5.58. The van der Waals surface area contributed by atoms with E-state index in [1.807, 2.05) is 39.8 Å². The first-order chi connectivity index (χ1) is 11.4. The summed E-state index contributed by atoms with van der Waals surface area (Å²) in [6.07, 6.45) is -0.438. The van der Waals surface area contributed by atoms with Crippen LogP contribution >= 0.6 is 0 Å². The summed E-state index contributed by atoms with van der Waals surface area (Å²) in [5, 5.41) is 10.2. The summed E-state index contributed by atoms with van der Waals surface area (Å²) in [5.74, 6) is 0.951. The Morgan fingerprint density at radius 1 is 1.12 bits per heavy atom. The monoisotopic (exact) mass is 336 g/mol. The van der Waals surface area contributed by atoms with E-state index in [4.69, 9.17) is 9.47 Å². The molecule has 5 nitrogen and oxygen atoms in total. The number of nitrogens with zero attached hydrogens (tertiary/aromatic N) is 2. The predicted molar refractivity (Wildman–Crippen MR) is 98.0 cm³/mol. The molecule has 1 aromatic rings. The molecule has 0 saturated carbocycles. The van der Waals surface area contributed by atoms with Crippen molar-refractivity contribution in [3.8, 4) is 5.75 Å². The van der Waals surface area contributed by atoms with E-state index in [9.17, 15) is 5.11 Å². The quantitative estimate of drug-likeness (QED) is 0.828. The van der Waals surface area contributed by atoms with Crippen LogP contribution in [0.3, 0.4) is 0 Å². The van der Waals surface area contributed by atoms with Crippen molar-refractivity contribution in [1.29, 1.82) is 0 Å². The van der Waals surface area contributed by atoms with Crippen molar-refractivity contribution in [1.82, 2.24) is 4.90 Å². The molecule has 0 aliphatic carbocycles. The molecular weight excluding hydrogens is 304 g/mol. The van der Waals surface area contributed by atoms with Gasteiger partial charge in [0.25, 0.3) is 0 Å². The molecular formula is C19H32N2O3. The SMILES string of the molecule is CCOc1ccccc1N1CCN(CC(O)COC(C)(C)C)CC1. The van der Waals surface area contributed by atoms with Gasteiger partial charge in [0.05, 0.1) is 30.6 Å². The van der Waals surface area contributed by atoms with E-state index in [1.54, 1.807) is 0 Å². The molecule has 5 heteroatoms. The number of para-hydroxylation sites is 2. The molecule has 1 N–H and O–H groups in total. The van der Waals surface area contributed by atoms with Crippen LogP contribution in [0.1, 0.15) is 27.7 Å². The number of aliphatic hydroxyl groups is 1. The van der Waals surface area contributed by atoms with Gasteiger partial charge in [0.15, 0.2) is 0 Å². The van der Waals surface area contributed by atoms with Gasteiger partial charge >= 0.3 is 0 Å². The Kier molecular flexibility index (Phi) is 6.90. The summed E-state index contributed by atoms with van der Waals surface area (Å²) in [5.41, 5.74) is 0.957. The fraction of sp³-hybridized carbons (Fsp3) is 0.684. The highest BCUT2D eigenvalue weighted by Gasteiger charge is 2.22. The molecule has 24 heavy (non-hydrogen) atoms. The standard InChI is InChI=1S/C19H32N2O3/c1-5-23-18-9-7-6-8-17(18)21-12-10-20(11-13-21)14-16(22)15-24-19(2,3)4/h6-9,16,22H,5,10-15H2,1-4H3. The van der Waals surface area contributed by atoms with Crippen molar-refractivity contribution in [2.45, 2.75) is 39.4 Å². The van der Waals surface area contributed by atoms with Gasteiger partial charge in [-0.3, -0.25) is 4.90 Å². The average Bonchev–Trinajstić information content (AvgIpc) is 2.54. The Morgan fingerprint density at radius 3 is 2.42 bits per heavy atom. The van der Waals surface area contributed by atoms with Crippen LogP contribution in [0, 0.1) is 0 Å². The fourth-order valence-electron chi connectivity index (χ4n) is 2.86. The van der Waals surface area contributed by atoms with E-state index >= 15 is 0 Å². The third kappa shape index (κ3) is 5.96. The first-order valence-corrected chi connectivity index (χ1v) is 8.90. The molecule has 136 valence electrons. The summed E-state index contributed by atoms with van der Waals surface area (Å²) in [4.78, 5) is 4.66. The summed E-state index contributed by atoms with van der Waals surface area (Å²) in [7, 11) is 0. The maximum atomic E-state index is 10.2. The lowest BCUT2D eigenvalue weighted by molar-refractivity contribution is -0.0563. The Bertz CT molecular complexity index is 494. The van der Waals surface area contributed by atoms with Gasteiger partial charge in [-0.05, 0) is 39.8 Å². The van der Waals surface area contributed by atoms with Gasteiger partial charge in [0, 0.05) is 32.7 Å². The minimum absolute atomic E-state index is 0.206. The number of anilines is 1. The largest absolute Gasteiger partial charge is 0.492 e. The normalized spacial score (nSPS) is 17.8. The number of ether oxygens (including phenoxy) is 2.